The third-order valence-electron chi connectivity index (χ3n) is 3.49. The summed E-state index contributed by atoms with van der Waals surface area (Å²) in [6, 6.07) is 0.560. The maximum Gasteiger partial charge on any atom is 0.409 e. The van der Waals surface area contributed by atoms with Gasteiger partial charge >= 0.3 is 6.09 Å². The highest BCUT2D eigenvalue weighted by Gasteiger charge is 2.22. The molecule has 0 saturated carbocycles. The van der Waals surface area contributed by atoms with E-state index in [0.29, 0.717) is 12.6 Å². The average Bonchev–Trinajstić information content (AvgIpc) is 2.39. The molecule has 0 unspecified atom stereocenters. The maximum absolute atomic E-state index is 11.5. The number of hydrogen-bond donors (Lipinski definition) is 1. The van der Waals surface area contributed by atoms with Gasteiger partial charge in [0.15, 0.2) is 0 Å². The molecule has 0 aliphatic carbocycles. The molecule has 112 valence electrons. The van der Waals surface area contributed by atoms with Crippen LogP contribution >= 0.6 is 0 Å². The van der Waals surface area contributed by atoms with Crippen molar-refractivity contribution < 1.29 is 9.53 Å². The number of amides is 1. The monoisotopic (exact) mass is 271 g/mol. The van der Waals surface area contributed by atoms with Crippen molar-refractivity contribution in [2.24, 2.45) is 0 Å². The molecule has 0 spiro atoms. The molecular weight excluding hydrogens is 242 g/mol. The molecule has 1 saturated heterocycles. The van der Waals surface area contributed by atoms with Crippen molar-refractivity contribution in [3.05, 3.63) is 0 Å². The summed E-state index contributed by atoms with van der Waals surface area (Å²) in [4.78, 5) is 15.6. The first-order valence-electron chi connectivity index (χ1n) is 7.43. The van der Waals surface area contributed by atoms with Crippen LogP contribution < -0.4 is 5.32 Å². The number of carbonyl (C=O) groups is 1. The Labute approximate surface area is 117 Å². The van der Waals surface area contributed by atoms with E-state index in [1.165, 1.54) is 12.8 Å². The fourth-order valence-corrected chi connectivity index (χ4v) is 2.34. The van der Waals surface area contributed by atoms with Gasteiger partial charge in [-0.3, -0.25) is 0 Å². The lowest BCUT2D eigenvalue weighted by molar-refractivity contribution is 0.0951. The number of ether oxygens (including phenoxy) is 1. The zero-order valence-corrected chi connectivity index (χ0v) is 12.7. The van der Waals surface area contributed by atoms with E-state index in [1.54, 1.807) is 0 Å². The van der Waals surface area contributed by atoms with Crippen LogP contribution in [0, 0.1) is 0 Å². The number of likely N-dealkylation sites (tertiary alicyclic amines) is 1. The van der Waals surface area contributed by atoms with Gasteiger partial charge in [-0.15, -0.1) is 0 Å². The number of rotatable bonds is 7. The average molecular weight is 271 g/mol. The summed E-state index contributed by atoms with van der Waals surface area (Å²) in [7, 11) is 4.22. The van der Waals surface area contributed by atoms with Crippen LogP contribution in [0.15, 0.2) is 0 Å². The number of unbranched alkanes of at least 4 members (excludes halogenated alkanes) is 1. The topological polar surface area (TPSA) is 44.8 Å². The highest BCUT2D eigenvalue weighted by molar-refractivity contribution is 5.67. The molecule has 0 aromatic carbocycles. The minimum atomic E-state index is -0.160. The third-order valence-corrected chi connectivity index (χ3v) is 3.49. The van der Waals surface area contributed by atoms with Crippen LogP contribution in [-0.4, -0.2) is 68.8 Å². The van der Waals surface area contributed by atoms with Gasteiger partial charge in [-0.05, 0) is 59.8 Å². The molecule has 1 aliphatic heterocycles. The largest absolute Gasteiger partial charge is 0.450 e. The van der Waals surface area contributed by atoms with Crippen molar-refractivity contribution >= 4 is 6.09 Å². The van der Waals surface area contributed by atoms with Crippen LogP contribution in [-0.2, 0) is 4.74 Å². The number of nitrogens with zero attached hydrogens (tertiary/aromatic N) is 2. The van der Waals surface area contributed by atoms with E-state index >= 15 is 0 Å². The number of piperidine rings is 1. The van der Waals surface area contributed by atoms with Gasteiger partial charge < -0.3 is 19.9 Å². The lowest BCUT2D eigenvalue weighted by Gasteiger charge is -2.31. The smallest absolute Gasteiger partial charge is 0.409 e. The van der Waals surface area contributed by atoms with Crippen molar-refractivity contribution in [2.75, 3.05) is 46.9 Å². The third kappa shape index (κ3) is 6.78. The van der Waals surface area contributed by atoms with E-state index in [1.807, 2.05) is 11.8 Å². The van der Waals surface area contributed by atoms with Crippen molar-refractivity contribution in [1.82, 2.24) is 15.1 Å². The van der Waals surface area contributed by atoms with E-state index in [0.717, 1.165) is 39.0 Å². The summed E-state index contributed by atoms with van der Waals surface area (Å²) in [5.74, 6) is 0. The summed E-state index contributed by atoms with van der Waals surface area (Å²) < 4.78 is 5.01. The molecule has 19 heavy (non-hydrogen) atoms. The van der Waals surface area contributed by atoms with Gasteiger partial charge in [0, 0.05) is 19.1 Å². The Kier molecular flexibility index (Phi) is 7.82. The second kappa shape index (κ2) is 9.15. The van der Waals surface area contributed by atoms with Gasteiger partial charge in [0.1, 0.15) is 0 Å². The molecule has 1 rings (SSSR count). The fourth-order valence-electron chi connectivity index (χ4n) is 2.34. The Hall–Kier alpha value is -0.810. The first-order chi connectivity index (χ1) is 9.13. The van der Waals surface area contributed by atoms with E-state index in [9.17, 15) is 4.79 Å². The minimum absolute atomic E-state index is 0.160. The van der Waals surface area contributed by atoms with Gasteiger partial charge in [-0.25, -0.2) is 4.79 Å². The Morgan fingerprint density at radius 2 is 2.00 bits per heavy atom. The summed E-state index contributed by atoms with van der Waals surface area (Å²) in [6.07, 6.45) is 4.36. The second-order valence-electron chi connectivity index (χ2n) is 5.42. The fraction of sp³-hybridized carbons (Fsp3) is 0.929. The van der Waals surface area contributed by atoms with E-state index < -0.39 is 0 Å². The van der Waals surface area contributed by atoms with Gasteiger partial charge in [0.05, 0.1) is 6.61 Å². The zero-order chi connectivity index (χ0) is 14.1. The molecule has 0 atom stereocenters. The Bertz CT molecular complexity index is 251. The van der Waals surface area contributed by atoms with E-state index in [-0.39, 0.29) is 6.09 Å². The molecule has 5 heteroatoms. The molecule has 0 aromatic heterocycles. The number of nitrogens with one attached hydrogen (secondary N) is 1. The first kappa shape index (κ1) is 16.2. The lowest BCUT2D eigenvalue weighted by Crippen LogP contribution is -2.45. The standard InChI is InChI=1S/C14H29N3O2/c1-4-19-14(18)17-11-7-13(8-12-17)15-9-5-6-10-16(2)3/h13,15H,4-12H2,1-3H3. The van der Waals surface area contributed by atoms with Gasteiger partial charge in [0.25, 0.3) is 0 Å². The molecule has 1 N–H and O–H groups in total. The van der Waals surface area contributed by atoms with Crippen LogP contribution in [0.25, 0.3) is 0 Å². The molecular formula is C14H29N3O2. The Morgan fingerprint density at radius 1 is 1.32 bits per heavy atom. The summed E-state index contributed by atoms with van der Waals surface area (Å²) in [6.45, 7) is 6.17. The quantitative estimate of drug-likeness (QED) is 0.713. The van der Waals surface area contributed by atoms with Gasteiger partial charge in [0.2, 0.25) is 0 Å². The SMILES string of the molecule is CCOC(=O)N1CCC(NCCCCN(C)C)CC1. The van der Waals surface area contributed by atoms with E-state index in [2.05, 4.69) is 24.3 Å². The Balaban J connectivity index is 2.05. The molecule has 0 radical (unpaired) electrons. The van der Waals surface area contributed by atoms with Gasteiger partial charge in [-0.2, -0.15) is 0 Å². The maximum atomic E-state index is 11.5. The first-order valence-corrected chi connectivity index (χ1v) is 7.43. The number of hydrogen-bond acceptors (Lipinski definition) is 4. The Morgan fingerprint density at radius 3 is 2.58 bits per heavy atom. The summed E-state index contributed by atoms with van der Waals surface area (Å²) in [5.41, 5.74) is 0. The predicted molar refractivity (Wildman–Crippen MR) is 77.4 cm³/mol. The van der Waals surface area contributed by atoms with Crippen LogP contribution in [0.1, 0.15) is 32.6 Å². The minimum Gasteiger partial charge on any atom is -0.450 e. The van der Waals surface area contributed by atoms with Crippen molar-refractivity contribution in [1.29, 1.82) is 0 Å². The van der Waals surface area contributed by atoms with Crippen molar-refractivity contribution in [2.45, 2.75) is 38.6 Å². The van der Waals surface area contributed by atoms with E-state index in [4.69, 9.17) is 4.74 Å². The zero-order valence-electron chi connectivity index (χ0n) is 12.7. The summed E-state index contributed by atoms with van der Waals surface area (Å²) >= 11 is 0. The molecule has 5 nitrogen and oxygen atoms in total. The predicted octanol–water partition coefficient (Wildman–Crippen LogP) is 1.54. The molecule has 1 amide bonds. The lowest BCUT2D eigenvalue weighted by atomic mass is 10.1. The van der Waals surface area contributed by atoms with Gasteiger partial charge in [-0.1, -0.05) is 0 Å². The van der Waals surface area contributed by atoms with Crippen molar-refractivity contribution in [3.8, 4) is 0 Å². The number of carbonyl (C=O) groups excluding carboxylic acids is 1. The van der Waals surface area contributed by atoms with Crippen LogP contribution in [0.5, 0.6) is 0 Å². The summed E-state index contributed by atoms with van der Waals surface area (Å²) in [5, 5.41) is 3.59. The molecule has 1 aliphatic rings. The molecule has 0 bridgehead atoms. The molecule has 1 fully saturated rings. The molecule has 0 aromatic rings. The highest BCUT2D eigenvalue weighted by Crippen LogP contribution is 2.11. The highest BCUT2D eigenvalue weighted by atomic mass is 16.6. The molecule has 1 heterocycles. The van der Waals surface area contributed by atoms with Crippen molar-refractivity contribution in [3.63, 3.8) is 0 Å². The van der Waals surface area contributed by atoms with Crippen LogP contribution in [0.4, 0.5) is 4.79 Å². The van der Waals surface area contributed by atoms with Crippen LogP contribution in [0.3, 0.4) is 0 Å². The normalized spacial score (nSPS) is 16.9. The van der Waals surface area contributed by atoms with Crippen LogP contribution in [0.2, 0.25) is 0 Å². The second-order valence-corrected chi connectivity index (χ2v) is 5.42.